The highest BCUT2D eigenvalue weighted by Crippen LogP contribution is 2.30. The molecule has 3 aromatic carbocycles. The summed E-state index contributed by atoms with van der Waals surface area (Å²) in [7, 11) is 1.60. The third-order valence-corrected chi connectivity index (χ3v) is 5.17. The predicted molar refractivity (Wildman–Crippen MR) is 113 cm³/mol. The maximum atomic E-state index is 13.6. The van der Waals surface area contributed by atoms with Crippen molar-refractivity contribution in [2.24, 2.45) is 5.10 Å². The highest BCUT2D eigenvalue weighted by molar-refractivity contribution is 7.22. The summed E-state index contributed by atoms with van der Waals surface area (Å²) in [4.78, 5) is 17.6. The SMILES string of the molecule is COc1ccc(/C=N/N(C(=O)c2ccccc2)c2nc3ccc(F)cc3s2)cc1. The number of rotatable bonds is 5. The van der Waals surface area contributed by atoms with Gasteiger partial charge in [-0.1, -0.05) is 29.5 Å². The van der Waals surface area contributed by atoms with Gasteiger partial charge in [-0.15, -0.1) is 0 Å². The number of methoxy groups -OCH3 is 1. The first-order valence-electron chi connectivity index (χ1n) is 8.78. The van der Waals surface area contributed by atoms with E-state index >= 15 is 0 Å². The Labute approximate surface area is 170 Å². The second-order valence-corrected chi connectivity index (χ2v) is 7.12. The molecule has 29 heavy (non-hydrogen) atoms. The summed E-state index contributed by atoms with van der Waals surface area (Å²) < 4.78 is 19.4. The first-order chi connectivity index (χ1) is 14.1. The van der Waals surface area contributed by atoms with E-state index in [2.05, 4.69) is 10.1 Å². The molecule has 4 rings (SSSR count). The molecule has 0 spiro atoms. The number of nitrogens with zero attached hydrogens (tertiary/aromatic N) is 3. The Morgan fingerprint density at radius 3 is 2.59 bits per heavy atom. The first kappa shape index (κ1) is 18.8. The molecule has 0 saturated heterocycles. The van der Waals surface area contributed by atoms with Crippen LogP contribution in [0.1, 0.15) is 15.9 Å². The lowest BCUT2D eigenvalue weighted by atomic mass is 10.2. The molecule has 144 valence electrons. The normalized spacial score (nSPS) is 11.1. The van der Waals surface area contributed by atoms with Gasteiger partial charge in [0.05, 0.1) is 23.5 Å². The molecule has 0 N–H and O–H groups in total. The molecule has 0 bridgehead atoms. The third-order valence-electron chi connectivity index (χ3n) is 4.17. The molecule has 7 heteroatoms. The van der Waals surface area contributed by atoms with Crippen molar-refractivity contribution in [3.05, 3.63) is 89.7 Å². The van der Waals surface area contributed by atoms with Crippen molar-refractivity contribution in [2.75, 3.05) is 12.1 Å². The Kier molecular flexibility index (Phi) is 5.31. The molecule has 1 heterocycles. The zero-order valence-corrected chi connectivity index (χ0v) is 16.3. The fraction of sp³-hybridized carbons (Fsp3) is 0.0455. The van der Waals surface area contributed by atoms with Crippen molar-refractivity contribution in [3.63, 3.8) is 0 Å². The monoisotopic (exact) mass is 405 g/mol. The summed E-state index contributed by atoms with van der Waals surface area (Å²) in [5.41, 5.74) is 1.88. The van der Waals surface area contributed by atoms with Gasteiger partial charge in [-0.05, 0) is 60.2 Å². The smallest absolute Gasteiger partial charge is 0.280 e. The van der Waals surface area contributed by atoms with Crippen LogP contribution in [0.25, 0.3) is 10.2 Å². The molecule has 1 aromatic heterocycles. The largest absolute Gasteiger partial charge is 0.497 e. The van der Waals surface area contributed by atoms with Crippen molar-refractivity contribution in [1.29, 1.82) is 0 Å². The summed E-state index contributed by atoms with van der Waals surface area (Å²) >= 11 is 1.20. The van der Waals surface area contributed by atoms with Gasteiger partial charge in [-0.2, -0.15) is 10.1 Å². The lowest BCUT2D eigenvalue weighted by Crippen LogP contribution is -2.25. The highest BCUT2D eigenvalue weighted by Gasteiger charge is 2.21. The second-order valence-electron chi connectivity index (χ2n) is 6.11. The van der Waals surface area contributed by atoms with Crippen molar-refractivity contribution < 1.29 is 13.9 Å². The maximum Gasteiger partial charge on any atom is 0.280 e. The van der Waals surface area contributed by atoms with E-state index in [4.69, 9.17) is 4.74 Å². The number of aromatic nitrogens is 1. The summed E-state index contributed by atoms with van der Waals surface area (Å²) in [6, 6.07) is 20.4. The lowest BCUT2D eigenvalue weighted by Gasteiger charge is -2.13. The zero-order chi connectivity index (χ0) is 20.2. The molecule has 0 atom stereocenters. The number of fused-ring (bicyclic) bond motifs is 1. The summed E-state index contributed by atoms with van der Waals surface area (Å²) in [5, 5.41) is 5.99. The number of benzene rings is 3. The van der Waals surface area contributed by atoms with Crippen molar-refractivity contribution in [1.82, 2.24) is 4.98 Å². The van der Waals surface area contributed by atoms with Gasteiger partial charge in [0.1, 0.15) is 11.6 Å². The van der Waals surface area contributed by atoms with Crippen LogP contribution >= 0.6 is 11.3 Å². The third kappa shape index (κ3) is 4.14. The van der Waals surface area contributed by atoms with Crippen LogP contribution in [0, 0.1) is 5.82 Å². The van der Waals surface area contributed by atoms with Crippen LogP contribution in [0.3, 0.4) is 0 Å². The molecule has 0 saturated carbocycles. The van der Waals surface area contributed by atoms with Gasteiger partial charge in [0, 0.05) is 5.56 Å². The highest BCUT2D eigenvalue weighted by atomic mass is 32.1. The van der Waals surface area contributed by atoms with Gasteiger partial charge in [0.15, 0.2) is 0 Å². The number of hydrazone groups is 1. The molecular weight excluding hydrogens is 389 g/mol. The number of ether oxygens (including phenoxy) is 1. The quantitative estimate of drug-likeness (QED) is 0.342. The minimum atomic E-state index is -0.352. The summed E-state index contributed by atoms with van der Waals surface area (Å²) in [6.07, 6.45) is 1.58. The van der Waals surface area contributed by atoms with E-state index in [1.165, 1.54) is 28.5 Å². The average Bonchev–Trinajstić information content (AvgIpc) is 3.17. The number of carbonyl (C=O) groups excluding carboxylic acids is 1. The van der Waals surface area contributed by atoms with Crippen LogP contribution < -0.4 is 9.75 Å². The van der Waals surface area contributed by atoms with Crippen molar-refractivity contribution in [3.8, 4) is 5.75 Å². The van der Waals surface area contributed by atoms with Gasteiger partial charge in [-0.25, -0.2) is 9.37 Å². The van der Waals surface area contributed by atoms with Crippen LogP contribution in [-0.2, 0) is 0 Å². The van der Waals surface area contributed by atoms with Crippen LogP contribution in [0.4, 0.5) is 9.52 Å². The number of hydrogen-bond acceptors (Lipinski definition) is 5. The molecule has 0 aliphatic rings. The maximum absolute atomic E-state index is 13.6. The van der Waals surface area contributed by atoms with Gasteiger partial charge < -0.3 is 4.74 Å². The van der Waals surface area contributed by atoms with Crippen LogP contribution in [0.15, 0.2) is 77.9 Å². The van der Waals surface area contributed by atoms with Gasteiger partial charge in [0.25, 0.3) is 5.91 Å². The molecule has 0 aliphatic carbocycles. The predicted octanol–water partition coefficient (Wildman–Crippen LogP) is 5.12. The number of amides is 1. The van der Waals surface area contributed by atoms with Gasteiger partial charge in [-0.3, -0.25) is 4.79 Å². The fourth-order valence-electron chi connectivity index (χ4n) is 2.68. The number of anilines is 1. The van der Waals surface area contributed by atoms with Crippen molar-refractivity contribution >= 4 is 38.8 Å². The number of thiazole rings is 1. The molecule has 0 fully saturated rings. The molecule has 0 radical (unpaired) electrons. The van der Waals surface area contributed by atoms with E-state index < -0.39 is 0 Å². The molecule has 5 nitrogen and oxygen atoms in total. The standard InChI is InChI=1S/C22H16FN3O2S/c1-28-18-10-7-15(8-11-18)14-24-26(21(27)16-5-3-2-4-6-16)22-25-19-12-9-17(23)13-20(19)29-22/h2-14H,1H3/b24-14+. The van der Waals surface area contributed by atoms with E-state index in [0.29, 0.717) is 20.9 Å². The van der Waals surface area contributed by atoms with Crippen LogP contribution in [0.5, 0.6) is 5.75 Å². The van der Waals surface area contributed by atoms with E-state index in [1.54, 1.807) is 43.7 Å². The lowest BCUT2D eigenvalue weighted by molar-refractivity contribution is 0.0988. The number of hydrogen-bond donors (Lipinski definition) is 0. The Balaban J connectivity index is 1.73. The Hall–Kier alpha value is -3.58. The van der Waals surface area contributed by atoms with Crippen molar-refractivity contribution in [2.45, 2.75) is 0 Å². The van der Waals surface area contributed by atoms with E-state index in [1.807, 2.05) is 30.3 Å². The first-order valence-corrected chi connectivity index (χ1v) is 9.59. The summed E-state index contributed by atoms with van der Waals surface area (Å²) in [6.45, 7) is 0. The average molecular weight is 405 g/mol. The zero-order valence-electron chi connectivity index (χ0n) is 15.4. The number of carbonyl (C=O) groups is 1. The minimum Gasteiger partial charge on any atom is -0.497 e. The molecule has 4 aromatic rings. The van der Waals surface area contributed by atoms with Crippen LogP contribution in [-0.4, -0.2) is 24.2 Å². The molecular formula is C22H16FN3O2S. The second kappa shape index (κ2) is 8.20. The van der Waals surface area contributed by atoms with E-state index in [9.17, 15) is 9.18 Å². The molecule has 0 unspecified atom stereocenters. The van der Waals surface area contributed by atoms with E-state index in [-0.39, 0.29) is 11.7 Å². The Bertz CT molecular complexity index is 1170. The van der Waals surface area contributed by atoms with Crippen LogP contribution in [0.2, 0.25) is 0 Å². The molecule has 0 aliphatic heterocycles. The van der Waals surface area contributed by atoms with E-state index in [0.717, 1.165) is 11.3 Å². The topological polar surface area (TPSA) is 54.8 Å². The van der Waals surface area contributed by atoms with Gasteiger partial charge in [0.2, 0.25) is 5.13 Å². The Morgan fingerprint density at radius 2 is 1.86 bits per heavy atom. The van der Waals surface area contributed by atoms with Gasteiger partial charge >= 0.3 is 0 Å². The number of halogens is 1. The summed E-state index contributed by atoms with van der Waals surface area (Å²) in [5.74, 6) is 0.0535. The molecule has 1 amide bonds. The Morgan fingerprint density at radius 1 is 1.10 bits per heavy atom. The minimum absolute atomic E-state index is 0.324. The fourth-order valence-corrected chi connectivity index (χ4v) is 3.63.